The minimum Gasteiger partial charge on any atom is -0.347 e. The third kappa shape index (κ3) is 3.96. The van der Waals surface area contributed by atoms with Gasteiger partial charge in [0.25, 0.3) is 5.91 Å². The van der Waals surface area contributed by atoms with Crippen LogP contribution in [0.15, 0.2) is 30.3 Å². The molecule has 1 aromatic carbocycles. The summed E-state index contributed by atoms with van der Waals surface area (Å²) < 4.78 is 13.8. The molecule has 1 aliphatic rings. The Hall–Kier alpha value is -2.21. The van der Waals surface area contributed by atoms with Crippen molar-refractivity contribution in [3.63, 3.8) is 0 Å². The first-order valence-electron chi connectivity index (χ1n) is 7.90. The Bertz CT molecular complexity index is 685. The van der Waals surface area contributed by atoms with Gasteiger partial charge in [0, 0.05) is 30.4 Å². The summed E-state index contributed by atoms with van der Waals surface area (Å²) in [6, 6.07) is 8.64. The second-order valence-electron chi connectivity index (χ2n) is 6.08. The summed E-state index contributed by atoms with van der Waals surface area (Å²) in [5, 5.41) is 9.77. The van der Waals surface area contributed by atoms with Gasteiger partial charge in [-0.1, -0.05) is 18.2 Å². The third-order valence-electron chi connectivity index (χ3n) is 4.13. The number of halogens is 1. The Kier molecular flexibility index (Phi) is 4.71. The van der Waals surface area contributed by atoms with E-state index in [4.69, 9.17) is 0 Å². The van der Waals surface area contributed by atoms with Gasteiger partial charge >= 0.3 is 0 Å². The van der Waals surface area contributed by atoms with E-state index in [-0.39, 0.29) is 17.8 Å². The zero-order chi connectivity index (χ0) is 16.2. The number of nitrogens with one attached hydrogen (secondary N) is 2. The summed E-state index contributed by atoms with van der Waals surface area (Å²) in [4.78, 5) is 14.4. The number of likely N-dealkylation sites (tertiary alicyclic amines) is 1. The number of hydrogen-bond donors (Lipinski definition) is 2. The van der Waals surface area contributed by atoms with Crippen molar-refractivity contribution in [3.8, 4) is 0 Å². The second kappa shape index (κ2) is 6.91. The summed E-state index contributed by atoms with van der Waals surface area (Å²) in [6.45, 7) is 4.08. The van der Waals surface area contributed by atoms with Gasteiger partial charge in [-0.05, 0) is 38.4 Å². The Morgan fingerprint density at radius 3 is 3.04 bits per heavy atom. The Balaban J connectivity index is 1.58. The van der Waals surface area contributed by atoms with Gasteiger partial charge in [-0.2, -0.15) is 5.10 Å². The molecule has 2 N–H and O–H groups in total. The van der Waals surface area contributed by atoms with Crippen LogP contribution in [-0.4, -0.2) is 40.1 Å². The van der Waals surface area contributed by atoms with Crippen LogP contribution in [0.3, 0.4) is 0 Å². The molecule has 5 nitrogen and oxygen atoms in total. The van der Waals surface area contributed by atoms with E-state index in [1.807, 2.05) is 19.1 Å². The molecule has 23 heavy (non-hydrogen) atoms. The van der Waals surface area contributed by atoms with Crippen LogP contribution in [0.25, 0.3) is 0 Å². The molecule has 6 heteroatoms. The molecule has 1 amide bonds. The van der Waals surface area contributed by atoms with Gasteiger partial charge < -0.3 is 5.32 Å². The van der Waals surface area contributed by atoms with Crippen LogP contribution >= 0.6 is 0 Å². The molecule has 0 bridgehead atoms. The van der Waals surface area contributed by atoms with Crippen molar-refractivity contribution in [1.82, 2.24) is 20.4 Å². The van der Waals surface area contributed by atoms with Crippen molar-refractivity contribution in [2.75, 3.05) is 13.1 Å². The lowest BCUT2D eigenvalue weighted by Crippen LogP contribution is -2.47. The predicted molar refractivity (Wildman–Crippen MR) is 85.5 cm³/mol. The maximum Gasteiger partial charge on any atom is 0.272 e. The standard InChI is InChI=1S/C17H21FN4O/c1-12-9-16(21-20-12)17(23)19-14-6-4-8-22(11-14)10-13-5-2-3-7-15(13)18/h2-3,5,7,9,14H,4,6,8,10-11H2,1H3,(H,19,23)(H,20,21)/t14-/m1/s1. The number of aromatic amines is 1. The fourth-order valence-corrected chi connectivity index (χ4v) is 2.98. The van der Waals surface area contributed by atoms with Crippen LogP contribution in [0.4, 0.5) is 4.39 Å². The van der Waals surface area contributed by atoms with Crippen LogP contribution in [0, 0.1) is 12.7 Å². The highest BCUT2D eigenvalue weighted by atomic mass is 19.1. The minimum atomic E-state index is -0.175. The lowest BCUT2D eigenvalue weighted by Gasteiger charge is -2.33. The maximum absolute atomic E-state index is 13.8. The number of piperidine rings is 1. The smallest absolute Gasteiger partial charge is 0.272 e. The highest BCUT2D eigenvalue weighted by Gasteiger charge is 2.23. The van der Waals surface area contributed by atoms with Crippen molar-refractivity contribution >= 4 is 5.91 Å². The lowest BCUT2D eigenvalue weighted by atomic mass is 10.0. The first-order chi connectivity index (χ1) is 11.1. The molecular formula is C17H21FN4O. The molecule has 0 saturated carbocycles. The van der Waals surface area contributed by atoms with E-state index < -0.39 is 0 Å². The lowest BCUT2D eigenvalue weighted by molar-refractivity contribution is 0.0895. The van der Waals surface area contributed by atoms with Crippen molar-refractivity contribution in [3.05, 3.63) is 53.1 Å². The largest absolute Gasteiger partial charge is 0.347 e. The van der Waals surface area contributed by atoms with Gasteiger partial charge in [0.05, 0.1) is 0 Å². The second-order valence-corrected chi connectivity index (χ2v) is 6.08. The molecule has 0 radical (unpaired) electrons. The fraction of sp³-hybridized carbons (Fsp3) is 0.412. The first-order valence-corrected chi connectivity index (χ1v) is 7.90. The van der Waals surface area contributed by atoms with E-state index in [1.165, 1.54) is 6.07 Å². The number of benzene rings is 1. The maximum atomic E-state index is 13.8. The minimum absolute atomic E-state index is 0.0695. The van der Waals surface area contributed by atoms with Gasteiger partial charge in [0.1, 0.15) is 11.5 Å². The molecule has 2 aromatic rings. The van der Waals surface area contributed by atoms with Gasteiger partial charge in [-0.3, -0.25) is 14.8 Å². The average molecular weight is 316 g/mol. The van der Waals surface area contributed by atoms with Gasteiger partial charge in [-0.25, -0.2) is 4.39 Å². The molecule has 0 aliphatic carbocycles. The van der Waals surface area contributed by atoms with Crippen LogP contribution in [0.5, 0.6) is 0 Å². The zero-order valence-electron chi connectivity index (χ0n) is 13.2. The number of H-pyrrole nitrogens is 1. The molecule has 1 fully saturated rings. The van der Waals surface area contributed by atoms with E-state index in [9.17, 15) is 9.18 Å². The Labute approximate surface area is 134 Å². The highest BCUT2D eigenvalue weighted by Crippen LogP contribution is 2.16. The zero-order valence-corrected chi connectivity index (χ0v) is 13.2. The van der Waals surface area contributed by atoms with Crippen LogP contribution in [-0.2, 0) is 6.54 Å². The molecule has 1 aromatic heterocycles. The van der Waals surface area contributed by atoms with Gasteiger partial charge in [-0.15, -0.1) is 0 Å². The number of aromatic nitrogens is 2. The number of amides is 1. The van der Waals surface area contributed by atoms with Gasteiger partial charge in [0.15, 0.2) is 0 Å². The molecule has 1 saturated heterocycles. The van der Waals surface area contributed by atoms with Gasteiger partial charge in [0.2, 0.25) is 0 Å². The SMILES string of the molecule is Cc1cc(C(=O)N[C@@H]2CCCN(Cc3ccccc3F)C2)n[nH]1. The Morgan fingerprint density at radius 2 is 2.30 bits per heavy atom. The number of carbonyl (C=O) groups excluding carboxylic acids is 1. The molecule has 2 heterocycles. The molecule has 122 valence electrons. The number of hydrogen-bond acceptors (Lipinski definition) is 3. The summed E-state index contributed by atoms with van der Waals surface area (Å²) in [5.41, 5.74) is 1.97. The molecule has 0 unspecified atom stereocenters. The summed E-state index contributed by atoms with van der Waals surface area (Å²) >= 11 is 0. The summed E-state index contributed by atoms with van der Waals surface area (Å²) in [7, 11) is 0. The third-order valence-corrected chi connectivity index (χ3v) is 4.13. The average Bonchev–Trinajstić information content (AvgIpc) is 2.97. The number of carbonyl (C=O) groups is 1. The van der Waals surface area contributed by atoms with E-state index in [2.05, 4.69) is 20.4 Å². The van der Waals surface area contributed by atoms with Crippen molar-refractivity contribution in [2.24, 2.45) is 0 Å². The molecule has 3 rings (SSSR count). The van der Waals surface area contributed by atoms with Crippen molar-refractivity contribution in [1.29, 1.82) is 0 Å². The van der Waals surface area contributed by atoms with Crippen LogP contribution in [0.1, 0.15) is 34.6 Å². The quantitative estimate of drug-likeness (QED) is 0.909. The summed E-state index contributed by atoms with van der Waals surface area (Å²) in [5.74, 6) is -0.335. The monoisotopic (exact) mass is 316 g/mol. The topological polar surface area (TPSA) is 61.0 Å². The molecule has 0 spiro atoms. The first kappa shape index (κ1) is 15.7. The normalized spacial score (nSPS) is 18.8. The van der Waals surface area contributed by atoms with Crippen LogP contribution in [0.2, 0.25) is 0 Å². The summed E-state index contributed by atoms with van der Waals surface area (Å²) in [6.07, 6.45) is 1.92. The van der Waals surface area contributed by atoms with Crippen molar-refractivity contribution < 1.29 is 9.18 Å². The van der Waals surface area contributed by atoms with E-state index in [0.717, 1.165) is 31.6 Å². The molecule has 1 atom stereocenters. The fourth-order valence-electron chi connectivity index (χ4n) is 2.98. The molecular weight excluding hydrogens is 295 g/mol. The van der Waals surface area contributed by atoms with E-state index in [1.54, 1.807) is 12.1 Å². The predicted octanol–water partition coefficient (Wildman–Crippen LogP) is 2.25. The number of nitrogens with zero attached hydrogens (tertiary/aromatic N) is 2. The van der Waals surface area contributed by atoms with E-state index >= 15 is 0 Å². The van der Waals surface area contributed by atoms with Crippen LogP contribution < -0.4 is 5.32 Å². The van der Waals surface area contributed by atoms with E-state index in [0.29, 0.717) is 17.8 Å². The Morgan fingerprint density at radius 1 is 1.48 bits per heavy atom. The number of aryl methyl sites for hydroxylation is 1. The van der Waals surface area contributed by atoms with Crippen molar-refractivity contribution in [2.45, 2.75) is 32.4 Å². The highest BCUT2D eigenvalue weighted by molar-refractivity contribution is 5.92. The number of rotatable bonds is 4. The molecule has 1 aliphatic heterocycles.